The van der Waals surface area contributed by atoms with Crippen LogP contribution in [-0.2, 0) is 13.5 Å². The van der Waals surface area contributed by atoms with E-state index in [1.165, 1.54) is 25.6 Å². The van der Waals surface area contributed by atoms with Gasteiger partial charge in [0, 0.05) is 13.5 Å². The van der Waals surface area contributed by atoms with Crippen LogP contribution in [0.3, 0.4) is 0 Å². The Labute approximate surface area is 104 Å². The minimum absolute atomic E-state index is 0.157. The van der Waals surface area contributed by atoms with Gasteiger partial charge in [-0.2, -0.15) is 5.10 Å². The summed E-state index contributed by atoms with van der Waals surface area (Å²) in [6.07, 6.45) is 0.868. The van der Waals surface area contributed by atoms with Crippen LogP contribution in [0.15, 0.2) is 24.5 Å². The summed E-state index contributed by atoms with van der Waals surface area (Å²) >= 11 is 0. The number of aromatic nitrogens is 3. The summed E-state index contributed by atoms with van der Waals surface area (Å²) in [5.74, 6) is 0.301. The van der Waals surface area contributed by atoms with E-state index in [0.717, 1.165) is 0 Å². The van der Waals surface area contributed by atoms with Gasteiger partial charge in [-0.25, -0.2) is 9.37 Å². The SMILES string of the molecule is COc1ccc(C(O)Cc2ncnn2C)cc1F. The number of rotatable bonds is 4. The molecule has 0 saturated heterocycles. The molecule has 1 aromatic carbocycles. The van der Waals surface area contributed by atoms with Crippen molar-refractivity contribution in [3.63, 3.8) is 0 Å². The maximum Gasteiger partial charge on any atom is 0.165 e. The average Bonchev–Trinajstić information content (AvgIpc) is 2.75. The predicted molar refractivity (Wildman–Crippen MR) is 62.6 cm³/mol. The maximum atomic E-state index is 13.5. The molecule has 0 saturated carbocycles. The van der Waals surface area contributed by atoms with Crippen LogP contribution in [0.4, 0.5) is 4.39 Å². The first-order valence-electron chi connectivity index (χ1n) is 5.46. The molecule has 0 fully saturated rings. The molecule has 0 aliphatic rings. The molecule has 0 radical (unpaired) electrons. The fourth-order valence-corrected chi connectivity index (χ4v) is 1.69. The number of hydrogen-bond donors (Lipinski definition) is 1. The van der Waals surface area contributed by atoms with Gasteiger partial charge in [-0.15, -0.1) is 0 Å². The van der Waals surface area contributed by atoms with Crippen molar-refractivity contribution in [3.05, 3.63) is 41.7 Å². The molecular formula is C12H14FN3O2. The quantitative estimate of drug-likeness (QED) is 0.888. The largest absolute Gasteiger partial charge is 0.494 e. The Kier molecular flexibility index (Phi) is 3.57. The van der Waals surface area contributed by atoms with Crippen molar-refractivity contribution in [2.45, 2.75) is 12.5 Å². The van der Waals surface area contributed by atoms with Crippen molar-refractivity contribution >= 4 is 0 Å². The zero-order valence-corrected chi connectivity index (χ0v) is 10.2. The first kappa shape index (κ1) is 12.5. The van der Waals surface area contributed by atoms with Crippen molar-refractivity contribution in [1.82, 2.24) is 14.8 Å². The highest BCUT2D eigenvalue weighted by Gasteiger charge is 2.14. The Bertz CT molecular complexity index is 542. The molecule has 18 heavy (non-hydrogen) atoms. The van der Waals surface area contributed by atoms with Gasteiger partial charge in [-0.3, -0.25) is 4.68 Å². The lowest BCUT2D eigenvalue weighted by Crippen LogP contribution is -2.08. The van der Waals surface area contributed by atoms with E-state index in [0.29, 0.717) is 11.4 Å². The van der Waals surface area contributed by atoms with E-state index in [9.17, 15) is 9.50 Å². The normalized spacial score (nSPS) is 12.4. The molecule has 96 valence electrons. The number of ether oxygens (including phenoxy) is 1. The van der Waals surface area contributed by atoms with Crippen molar-refractivity contribution < 1.29 is 14.2 Å². The molecule has 0 amide bonds. The van der Waals surface area contributed by atoms with E-state index in [2.05, 4.69) is 10.1 Å². The molecular weight excluding hydrogens is 237 g/mol. The van der Waals surface area contributed by atoms with Crippen LogP contribution in [0.25, 0.3) is 0 Å². The van der Waals surface area contributed by atoms with Crippen molar-refractivity contribution in [3.8, 4) is 5.75 Å². The number of aryl methyl sites for hydroxylation is 1. The summed E-state index contributed by atoms with van der Waals surface area (Å²) in [6, 6.07) is 4.38. The summed E-state index contributed by atoms with van der Waals surface area (Å²) in [5.41, 5.74) is 0.483. The van der Waals surface area contributed by atoms with Gasteiger partial charge in [0.15, 0.2) is 11.6 Å². The second-order valence-corrected chi connectivity index (χ2v) is 3.91. The molecule has 6 heteroatoms. The van der Waals surface area contributed by atoms with Crippen LogP contribution < -0.4 is 4.74 Å². The molecule has 0 aliphatic carbocycles. The fourth-order valence-electron chi connectivity index (χ4n) is 1.69. The molecule has 2 rings (SSSR count). The van der Waals surface area contributed by atoms with Gasteiger partial charge in [0.1, 0.15) is 12.2 Å². The number of hydrogen-bond acceptors (Lipinski definition) is 4. The zero-order valence-electron chi connectivity index (χ0n) is 10.2. The molecule has 1 aromatic heterocycles. The summed E-state index contributed by atoms with van der Waals surface area (Å²) in [5, 5.41) is 13.9. The molecule has 1 atom stereocenters. The van der Waals surface area contributed by atoms with Gasteiger partial charge in [-0.1, -0.05) is 6.07 Å². The van der Waals surface area contributed by atoms with Gasteiger partial charge in [0.25, 0.3) is 0 Å². The van der Waals surface area contributed by atoms with Crippen LogP contribution in [0.2, 0.25) is 0 Å². The van der Waals surface area contributed by atoms with E-state index in [1.807, 2.05) is 0 Å². The first-order chi connectivity index (χ1) is 8.61. The summed E-state index contributed by atoms with van der Waals surface area (Å²) in [6.45, 7) is 0. The number of aliphatic hydroxyl groups is 1. The lowest BCUT2D eigenvalue weighted by molar-refractivity contribution is 0.174. The topological polar surface area (TPSA) is 60.2 Å². The van der Waals surface area contributed by atoms with Crippen molar-refractivity contribution in [2.75, 3.05) is 7.11 Å². The second kappa shape index (κ2) is 5.14. The highest BCUT2D eigenvalue weighted by molar-refractivity contribution is 5.30. The van der Waals surface area contributed by atoms with Crippen LogP contribution in [0, 0.1) is 5.82 Å². The molecule has 0 bridgehead atoms. The Morgan fingerprint density at radius 2 is 2.28 bits per heavy atom. The van der Waals surface area contributed by atoms with Crippen LogP contribution in [-0.4, -0.2) is 27.0 Å². The van der Waals surface area contributed by atoms with Gasteiger partial charge < -0.3 is 9.84 Å². The van der Waals surface area contributed by atoms with E-state index < -0.39 is 11.9 Å². The van der Waals surface area contributed by atoms with Crippen LogP contribution in [0.1, 0.15) is 17.5 Å². The molecule has 1 heterocycles. The lowest BCUT2D eigenvalue weighted by Gasteiger charge is -2.11. The van der Waals surface area contributed by atoms with Crippen molar-refractivity contribution in [1.29, 1.82) is 0 Å². The Hall–Kier alpha value is -1.95. The first-order valence-corrected chi connectivity index (χ1v) is 5.46. The number of benzene rings is 1. The predicted octanol–water partition coefficient (Wildman–Crippen LogP) is 1.24. The lowest BCUT2D eigenvalue weighted by atomic mass is 10.1. The Balaban J connectivity index is 2.16. The average molecular weight is 251 g/mol. The van der Waals surface area contributed by atoms with Crippen LogP contribution >= 0.6 is 0 Å². The maximum absolute atomic E-state index is 13.5. The van der Waals surface area contributed by atoms with E-state index >= 15 is 0 Å². The highest BCUT2D eigenvalue weighted by Crippen LogP contribution is 2.23. The van der Waals surface area contributed by atoms with E-state index in [-0.39, 0.29) is 12.2 Å². The molecule has 1 N–H and O–H groups in total. The van der Waals surface area contributed by atoms with E-state index in [1.54, 1.807) is 17.8 Å². The summed E-state index contributed by atoms with van der Waals surface area (Å²) in [4.78, 5) is 4.01. The molecule has 1 unspecified atom stereocenters. The number of aliphatic hydroxyl groups excluding tert-OH is 1. The smallest absolute Gasteiger partial charge is 0.165 e. The monoisotopic (exact) mass is 251 g/mol. The van der Waals surface area contributed by atoms with Gasteiger partial charge >= 0.3 is 0 Å². The van der Waals surface area contributed by atoms with Gasteiger partial charge in [-0.05, 0) is 17.7 Å². The second-order valence-electron chi connectivity index (χ2n) is 3.91. The third kappa shape index (κ3) is 2.48. The summed E-state index contributed by atoms with van der Waals surface area (Å²) < 4.78 is 19.9. The minimum atomic E-state index is -0.826. The third-order valence-corrected chi connectivity index (χ3v) is 2.74. The minimum Gasteiger partial charge on any atom is -0.494 e. The number of methoxy groups -OCH3 is 1. The molecule has 5 nitrogen and oxygen atoms in total. The molecule has 0 spiro atoms. The number of nitrogens with zero attached hydrogens (tertiary/aromatic N) is 3. The van der Waals surface area contributed by atoms with Crippen LogP contribution in [0.5, 0.6) is 5.75 Å². The Morgan fingerprint density at radius 1 is 1.50 bits per heavy atom. The fraction of sp³-hybridized carbons (Fsp3) is 0.333. The zero-order chi connectivity index (χ0) is 13.1. The van der Waals surface area contributed by atoms with Gasteiger partial charge in [0.05, 0.1) is 13.2 Å². The molecule has 2 aromatic rings. The standard InChI is InChI=1S/C12H14FN3O2/c1-16-12(14-7-15-16)6-10(17)8-3-4-11(18-2)9(13)5-8/h3-5,7,10,17H,6H2,1-2H3. The van der Waals surface area contributed by atoms with Crippen molar-refractivity contribution in [2.24, 2.45) is 7.05 Å². The highest BCUT2D eigenvalue weighted by atomic mass is 19.1. The Morgan fingerprint density at radius 3 is 2.83 bits per heavy atom. The molecule has 0 aliphatic heterocycles. The van der Waals surface area contributed by atoms with Gasteiger partial charge in [0.2, 0.25) is 0 Å². The third-order valence-electron chi connectivity index (χ3n) is 2.74. The van der Waals surface area contributed by atoms with E-state index in [4.69, 9.17) is 4.74 Å². The number of halogens is 1. The summed E-state index contributed by atoms with van der Waals surface area (Å²) in [7, 11) is 3.14.